The van der Waals surface area contributed by atoms with E-state index in [4.69, 9.17) is 5.26 Å². The Balaban J connectivity index is 1.73. The van der Waals surface area contributed by atoms with Crippen LogP contribution in [0.1, 0.15) is 18.5 Å². The number of imidazole rings is 1. The molecule has 1 N–H and O–H groups in total. The highest BCUT2D eigenvalue weighted by molar-refractivity contribution is 5.78. The van der Waals surface area contributed by atoms with Crippen molar-refractivity contribution >= 4 is 16.9 Å². The van der Waals surface area contributed by atoms with Crippen LogP contribution in [-0.4, -0.2) is 40.5 Å². The summed E-state index contributed by atoms with van der Waals surface area (Å²) in [5.41, 5.74) is 4.20. The molecule has 0 spiro atoms. The molecule has 0 radical (unpaired) electrons. The minimum absolute atomic E-state index is 0.0363. The first-order valence-corrected chi connectivity index (χ1v) is 8.46. The second-order valence-electron chi connectivity index (χ2n) is 6.22. The number of hydrogen-bond acceptors (Lipinski definition) is 4. The van der Waals surface area contributed by atoms with Gasteiger partial charge in [-0.1, -0.05) is 24.3 Å². The van der Waals surface area contributed by atoms with Crippen molar-refractivity contribution in [2.45, 2.75) is 13.0 Å². The van der Waals surface area contributed by atoms with Crippen LogP contribution in [0.5, 0.6) is 0 Å². The highest BCUT2D eigenvalue weighted by atomic mass is 16.2. The number of likely N-dealkylation sites (N-methyl/N-ethyl adjacent to an activating group) is 1. The maximum atomic E-state index is 11.8. The van der Waals surface area contributed by atoms with E-state index in [0.29, 0.717) is 0 Å². The number of hydrogen-bond donors (Lipinski definition) is 1. The van der Waals surface area contributed by atoms with Crippen LogP contribution in [0, 0.1) is 11.3 Å². The van der Waals surface area contributed by atoms with E-state index < -0.39 is 0 Å². The average molecular weight is 347 g/mol. The fraction of sp³-hybridized carbons (Fsp3) is 0.250. The summed E-state index contributed by atoms with van der Waals surface area (Å²) < 4.78 is 2.06. The number of fused-ring (bicyclic) bond motifs is 1. The number of nitrogens with zero attached hydrogens (tertiary/aromatic N) is 4. The zero-order valence-corrected chi connectivity index (χ0v) is 14.9. The van der Waals surface area contributed by atoms with Gasteiger partial charge in [-0.25, -0.2) is 4.98 Å². The first-order chi connectivity index (χ1) is 12.6. The number of benzene rings is 2. The van der Waals surface area contributed by atoms with Crippen molar-refractivity contribution in [3.63, 3.8) is 0 Å². The summed E-state index contributed by atoms with van der Waals surface area (Å²) in [6, 6.07) is 18.3. The summed E-state index contributed by atoms with van der Waals surface area (Å²) >= 11 is 0. The van der Waals surface area contributed by atoms with Crippen molar-refractivity contribution in [3.8, 4) is 11.8 Å². The minimum atomic E-state index is -0.151. The number of amides is 1. The predicted octanol–water partition coefficient (Wildman–Crippen LogP) is 2.66. The standard InChI is InChI=1S/C20H21N5O/c1-15(24(2)13-20(26)22-12-11-21)16-7-9-17(10-8-16)25-14-23-18-5-3-4-6-19(18)25/h3-10,14-15H,12-13H2,1-2H3,(H,22,26)/t15-/m0/s1. The van der Waals surface area contributed by atoms with Crippen LogP contribution in [0.15, 0.2) is 54.9 Å². The molecule has 0 aliphatic heterocycles. The predicted molar refractivity (Wildman–Crippen MR) is 101 cm³/mol. The molecule has 1 amide bonds. The van der Waals surface area contributed by atoms with Crippen LogP contribution in [-0.2, 0) is 4.79 Å². The van der Waals surface area contributed by atoms with E-state index in [1.54, 1.807) is 0 Å². The molecule has 0 bridgehead atoms. The fourth-order valence-electron chi connectivity index (χ4n) is 2.89. The Morgan fingerprint density at radius 3 is 2.73 bits per heavy atom. The number of carbonyl (C=O) groups excluding carboxylic acids is 1. The van der Waals surface area contributed by atoms with Gasteiger partial charge in [0, 0.05) is 11.7 Å². The normalized spacial score (nSPS) is 12.1. The Morgan fingerprint density at radius 2 is 2.00 bits per heavy atom. The summed E-state index contributed by atoms with van der Waals surface area (Å²) in [4.78, 5) is 18.1. The lowest BCUT2D eigenvalue weighted by atomic mass is 10.1. The third-order valence-electron chi connectivity index (χ3n) is 4.53. The fourth-order valence-corrected chi connectivity index (χ4v) is 2.89. The van der Waals surface area contributed by atoms with Crippen molar-refractivity contribution in [1.29, 1.82) is 5.26 Å². The first-order valence-electron chi connectivity index (χ1n) is 8.46. The van der Waals surface area contributed by atoms with Gasteiger partial charge in [-0.2, -0.15) is 5.26 Å². The van der Waals surface area contributed by atoms with Crippen molar-refractivity contribution < 1.29 is 4.79 Å². The molecular weight excluding hydrogens is 326 g/mol. The molecule has 0 fully saturated rings. The van der Waals surface area contributed by atoms with Gasteiger partial charge in [0.1, 0.15) is 12.9 Å². The van der Waals surface area contributed by atoms with Gasteiger partial charge in [-0.05, 0) is 43.8 Å². The van der Waals surface area contributed by atoms with Crippen LogP contribution in [0.25, 0.3) is 16.7 Å². The molecule has 2 aromatic carbocycles. The Labute approximate surface area is 152 Å². The Hall–Kier alpha value is -3.17. The van der Waals surface area contributed by atoms with Crippen LogP contribution in [0.2, 0.25) is 0 Å². The van der Waals surface area contributed by atoms with Crippen LogP contribution >= 0.6 is 0 Å². The van der Waals surface area contributed by atoms with Gasteiger partial charge in [-0.3, -0.25) is 14.3 Å². The summed E-state index contributed by atoms with van der Waals surface area (Å²) in [5, 5.41) is 11.1. The molecule has 3 aromatic rings. The minimum Gasteiger partial charge on any atom is -0.342 e. The molecule has 26 heavy (non-hydrogen) atoms. The van der Waals surface area contributed by atoms with Gasteiger partial charge in [0.05, 0.1) is 23.6 Å². The molecule has 1 aromatic heterocycles. The largest absolute Gasteiger partial charge is 0.342 e. The van der Waals surface area contributed by atoms with Crippen molar-refractivity contribution in [2.24, 2.45) is 0 Å². The number of rotatable bonds is 6. The van der Waals surface area contributed by atoms with Crippen molar-refractivity contribution in [3.05, 3.63) is 60.4 Å². The third-order valence-corrected chi connectivity index (χ3v) is 4.53. The Bertz CT molecular complexity index is 939. The molecule has 3 rings (SSSR count). The van der Waals surface area contributed by atoms with Crippen LogP contribution < -0.4 is 5.32 Å². The number of nitrogens with one attached hydrogen (secondary N) is 1. The van der Waals surface area contributed by atoms with E-state index in [0.717, 1.165) is 22.3 Å². The summed E-state index contributed by atoms with van der Waals surface area (Å²) in [6.45, 7) is 2.34. The maximum absolute atomic E-state index is 11.8. The van der Waals surface area contributed by atoms with Gasteiger partial charge in [-0.15, -0.1) is 0 Å². The van der Waals surface area contributed by atoms with Gasteiger partial charge in [0.2, 0.25) is 5.91 Å². The van der Waals surface area contributed by atoms with Crippen molar-refractivity contribution in [2.75, 3.05) is 20.1 Å². The van der Waals surface area contributed by atoms with E-state index >= 15 is 0 Å². The third kappa shape index (κ3) is 3.73. The van der Waals surface area contributed by atoms with Crippen LogP contribution in [0.4, 0.5) is 0 Å². The lowest BCUT2D eigenvalue weighted by Crippen LogP contribution is -2.36. The van der Waals surface area contributed by atoms with E-state index in [1.165, 1.54) is 0 Å². The number of nitriles is 1. The van der Waals surface area contributed by atoms with Gasteiger partial charge < -0.3 is 5.32 Å². The van der Waals surface area contributed by atoms with E-state index in [1.807, 2.05) is 48.6 Å². The molecule has 0 saturated carbocycles. The molecule has 1 atom stereocenters. The lowest BCUT2D eigenvalue weighted by Gasteiger charge is -2.24. The van der Waals surface area contributed by atoms with Gasteiger partial charge in [0.15, 0.2) is 0 Å². The average Bonchev–Trinajstić information content (AvgIpc) is 3.10. The Kier molecular flexibility index (Phi) is 5.30. The molecule has 6 heteroatoms. The lowest BCUT2D eigenvalue weighted by molar-refractivity contribution is -0.122. The SMILES string of the molecule is C[C@@H](c1ccc(-n2cnc3ccccc32)cc1)N(C)CC(=O)NCC#N. The Morgan fingerprint density at radius 1 is 1.27 bits per heavy atom. The number of aromatic nitrogens is 2. The van der Waals surface area contributed by atoms with Gasteiger partial charge >= 0.3 is 0 Å². The molecule has 1 heterocycles. The number of para-hydroxylation sites is 2. The molecule has 0 aliphatic rings. The van der Waals surface area contributed by atoms with E-state index in [-0.39, 0.29) is 25.0 Å². The molecule has 0 unspecified atom stereocenters. The smallest absolute Gasteiger partial charge is 0.235 e. The molecule has 132 valence electrons. The monoisotopic (exact) mass is 347 g/mol. The molecular formula is C20H21N5O. The van der Waals surface area contributed by atoms with Crippen molar-refractivity contribution in [1.82, 2.24) is 19.8 Å². The second kappa shape index (κ2) is 7.81. The summed E-state index contributed by atoms with van der Waals surface area (Å²) in [6.07, 6.45) is 1.83. The zero-order chi connectivity index (χ0) is 18.5. The molecule has 6 nitrogen and oxygen atoms in total. The highest BCUT2D eigenvalue weighted by Crippen LogP contribution is 2.22. The summed E-state index contributed by atoms with van der Waals surface area (Å²) in [7, 11) is 1.90. The van der Waals surface area contributed by atoms with E-state index in [2.05, 4.69) is 46.1 Å². The molecule has 0 aliphatic carbocycles. The number of carbonyl (C=O) groups is 1. The quantitative estimate of drug-likeness (QED) is 0.696. The first kappa shape index (κ1) is 17.6. The maximum Gasteiger partial charge on any atom is 0.235 e. The summed E-state index contributed by atoms with van der Waals surface area (Å²) in [5.74, 6) is -0.151. The van der Waals surface area contributed by atoms with E-state index in [9.17, 15) is 4.79 Å². The zero-order valence-electron chi connectivity index (χ0n) is 14.9. The highest BCUT2D eigenvalue weighted by Gasteiger charge is 2.15. The second-order valence-corrected chi connectivity index (χ2v) is 6.22. The molecule has 0 saturated heterocycles. The van der Waals surface area contributed by atoms with Crippen LogP contribution in [0.3, 0.4) is 0 Å². The van der Waals surface area contributed by atoms with Gasteiger partial charge in [0.25, 0.3) is 0 Å². The topological polar surface area (TPSA) is 74.0 Å².